The normalized spacial score (nSPS) is 11.2. The number of anilines is 2. The maximum Gasteiger partial charge on any atom is 0.280 e. The van der Waals surface area contributed by atoms with Crippen molar-refractivity contribution in [3.05, 3.63) is 71.1 Å². The van der Waals surface area contributed by atoms with E-state index < -0.39 is 15.9 Å². The van der Waals surface area contributed by atoms with Gasteiger partial charge < -0.3 is 9.88 Å². The number of carbonyl (C=O) groups is 1. The highest BCUT2D eigenvalue weighted by atomic mass is 79.9. The van der Waals surface area contributed by atoms with Crippen molar-refractivity contribution < 1.29 is 13.2 Å². The topological polar surface area (TPSA) is 93.1 Å². The minimum absolute atomic E-state index is 0.123. The molecule has 1 heterocycles. The lowest BCUT2D eigenvalue weighted by Crippen LogP contribution is -2.18. The highest BCUT2D eigenvalue weighted by Crippen LogP contribution is 2.22. The molecule has 1 aromatic heterocycles. The van der Waals surface area contributed by atoms with E-state index in [1.807, 2.05) is 6.07 Å². The number of rotatable bonds is 5. The molecule has 0 saturated heterocycles. The molecule has 0 bridgehead atoms. The molecule has 0 aliphatic rings. The zero-order valence-electron chi connectivity index (χ0n) is 13.7. The van der Waals surface area contributed by atoms with Crippen LogP contribution in [0.1, 0.15) is 10.4 Å². The molecule has 0 aliphatic heterocycles. The predicted octanol–water partition coefficient (Wildman–Crippen LogP) is 3.24. The first-order valence-corrected chi connectivity index (χ1v) is 9.79. The highest BCUT2D eigenvalue weighted by molar-refractivity contribution is 9.10. The summed E-state index contributed by atoms with van der Waals surface area (Å²) in [4.78, 5) is 16.4. The van der Waals surface area contributed by atoms with Gasteiger partial charge in [-0.2, -0.15) is 8.42 Å². The van der Waals surface area contributed by atoms with E-state index in [0.717, 1.165) is 4.47 Å². The Bertz CT molecular complexity index is 1060. The maximum absolute atomic E-state index is 12.6. The standard InChI is InChI=1S/C17H15BrN4O3S/c1-22-10-16(19-11-22)26(24,25)21-15-8-3-2-7-14(15)17(23)20-13-6-4-5-12(18)9-13/h2-11,21H,1H3,(H,20,23). The molecule has 1 amide bonds. The third kappa shape index (κ3) is 4.12. The molecular formula is C17H15BrN4O3S. The fourth-order valence-electron chi connectivity index (χ4n) is 2.26. The Morgan fingerprint density at radius 2 is 1.92 bits per heavy atom. The molecule has 3 aromatic rings. The van der Waals surface area contributed by atoms with Gasteiger partial charge in [0.05, 0.1) is 17.6 Å². The molecule has 0 saturated carbocycles. The molecular weight excluding hydrogens is 420 g/mol. The van der Waals surface area contributed by atoms with Crippen LogP contribution in [0.5, 0.6) is 0 Å². The van der Waals surface area contributed by atoms with Crippen LogP contribution in [0.15, 0.2) is 70.6 Å². The maximum atomic E-state index is 12.6. The minimum Gasteiger partial charge on any atom is -0.339 e. The van der Waals surface area contributed by atoms with Gasteiger partial charge in [-0.1, -0.05) is 34.1 Å². The first-order valence-electron chi connectivity index (χ1n) is 7.52. The summed E-state index contributed by atoms with van der Waals surface area (Å²) in [6.45, 7) is 0. The van der Waals surface area contributed by atoms with Gasteiger partial charge in [0.15, 0.2) is 5.03 Å². The molecule has 9 heteroatoms. The smallest absolute Gasteiger partial charge is 0.280 e. The summed E-state index contributed by atoms with van der Waals surface area (Å²) in [5.74, 6) is -0.428. The van der Waals surface area contributed by atoms with E-state index in [-0.39, 0.29) is 16.3 Å². The number of amides is 1. The Balaban J connectivity index is 1.87. The summed E-state index contributed by atoms with van der Waals surface area (Å²) < 4.78 is 29.7. The molecule has 0 radical (unpaired) electrons. The number of sulfonamides is 1. The number of hydrogen-bond acceptors (Lipinski definition) is 4. The van der Waals surface area contributed by atoms with Crippen molar-refractivity contribution in [2.75, 3.05) is 10.0 Å². The molecule has 0 spiro atoms. The Morgan fingerprint density at radius 1 is 1.15 bits per heavy atom. The zero-order chi connectivity index (χ0) is 18.7. The van der Waals surface area contributed by atoms with Crippen molar-refractivity contribution in [3.63, 3.8) is 0 Å². The first-order chi connectivity index (χ1) is 12.3. The van der Waals surface area contributed by atoms with Gasteiger partial charge in [-0.3, -0.25) is 9.52 Å². The van der Waals surface area contributed by atoms with Crippen LogP contribution in [0.25, 0.3) is 0 Å². The summed E-state index contributed by atoms with van der Waals surface area (Å²) in [5.41, 5.74) is 0.962. The fourth-order valence-corrected chi connectivity index (χ4v) is 3.72. The average Bonchev–Trinajstić information content (AvgIpc) is 3.02. The van der Waals surface area contributed by atoms with Gasteiger partial charge in [0.1, 0.15) is 0 Å². The highest BCUT2D eigenvalue weighted by Gasteiger charge is 2.20. The largest absolute Gasteiger partial charge is 0.339 e. The van der Waals surface area contributed by atoms with Gasteiger partial charge in [0.25, 0.3) is 15.9 Å². The monoisotopic (exact) mass is 434 g/mol. The van der Waals surface area contributed by atoms with Crippen molar-refractivity contribution in [2.45, 2.75) is 5.03 Å². The Morgan fingerprint density at radius 3 is 2.62 bits per heavy atom. The lowest BCUT2D eigenvalue weighted by molar-refractivity contribution is 0.102. The van der Waals surface area contributed by atoms with E-state index in [1.165, 1.54) is 23.2 Å². The molecule has 7 nitrogen and oxygen atoms in total. The van der Waals surface area contributed by atoms with Crippen LogP contribution in [0, 0.1) is 0 Å². The fraction of sp³-hybridized carbons (Fsp3) is 0.0588. The number of benzene rings is 2. The van der Waals surface area contributed by atoms with Gasteiger partial charge in [0, 0.05) is 23.4 Å². The van der Waals surface area contributed by atoms with Crippen LogP contribution in [-0.2, 0) is 17.1 Å². The number of nitrogens with zero attached hydrogens (tertiary/aromatic N) is 2. The number of nitrogens with one attached hydrogen (secondary N) is 2. The second kappa shape index (κ2) is 7.30. The number of aryl methyl sites for hydroxylation is 1. The molecule has 0 unspecified atom stereocenters. The van der Waals surface area contributed by atoms with Crippen LogP contribution in [0.4, 0.5) is 11.4 Å². The van der Waals surface area contributed by atoms with E-state index in [0.29, 0.717) is 5.69 Å². The minimum atomic E-state index is -3.90. The number of aromatic nitrogens is 2. The van der Waals surface area contributed by atoms with Gasteiger partial charge >= 0.3 is 0 Å². The molecule has 0 aliphatic carbocycles. The van der Waals surface area contributed by atoms with E-state index in [2.05, 4.69) is 31.0 Å². The predicted molar refractivity (Wildman–Crippen MR) is 103 cm³/mol. The summed E-state index contributed by atoms with van der Waals surface area (Å²) in [7, 11) is -2.23. The van der Waals surface area contributed by atoms with E-state index >= 15 is 0 Å². The summed E-state index contributed by atoms with van der Waals surface area (Å²) in [6.07, 6.45) is 2.77. The Labute approximate surface area is 159 Å². The quantitative estimate of drug-likeness (QED) is 0.644. The van der Waals surface area contributed by atoms with E-state index in [1.54, 1.807) is 43.4 Å². The van der Waals surface area contributed by atoms with Crippen LogP contribution in [0.2, 0.25) is 0 Å². The number of hydrogen-bond donors (Lipinski definition) is 2. The van der Waals surface area contributed by atoms with Crippen molar-refractivity contribution in [3.8, 4) is 0 Å². The lowest BCUT2D eigenvalue weighted by Gasteiger charge is -2.12. The SMILES string of the molecule is Cn1cnc(S(=O)(=O)Nc2ccccc2C(=O)Nc2cccc(Br)c2)c1. The first kappa shape index (κ1) is 18.2. The van der Waals surface area contributed by atoms with Crippen LogP contribution < -0.4 is 10.0 Å². The van der Waals surface area contributed by atoms with Gasteiger partial charge in [0.2, 0.25) is 0 Å². The Kier molecular flexibility index (Phi) is 5.10. The average molecular weight is 435 g/mol. The van der Waals surface area contributed by atoms with Crippen LogP contribution in [0.3, 0.4) is 0 Å². The molecule has 3 rings (SSSR count). The molecule has 2 aromatic carbocycles. The second-order valence-electron chi connectivity index (χ2n) is 5.49. The molecule has 0 fully saturated rings. The summed E-state index contributed by atoms with van der Waals surface area (Å²) >= 11 is 3.34. The molecule has 26 heavy (non-hydrogen) atoms. The number of para-hydroxylation sites is 1. The van der Waals surface area contributed by atoms with Crippen LogP contribution >= 0.6 is 15.9 Å². The van der Waals surface area contributed by atoms with Crippen molar-refractivity contribution in [1.82, 2.24) is 9.55 Å². The molecule has 0 atom stereocenters. The van der Waals surface area contributed by atoms with E-state index in [4.69, 9.17) is 0 Å². The lowest BCUT2D eigenvalue weighted by atomic mass is 10.1. The van der Waals surface area contributed by atoms with E-state index in [9.17, 15) is 13.2 Å². The number of carbonyl (C=O) groups excluding carboxylic acids is 1. The number of imidazole rings is 1. The van der Waals surface area contributed by atoms with Gasteiger partial charge in [-0.15, -0.1) is 0 Å². The summed E-state index contributed by atoms with van der Waals surface area (Å²) in [5, 5.41) is 2.62. The van der Waals surface area contributed by atoms with Crippen molar-refractivity contribution in [2.24, 2.45) is 7.05 Å². The van der Waals surface area contributed by atoms with Gasteiger partial charge in [-0.25, -0.2) is 4.98 Å². The van der Waals surface area contributed by atoms with Crippen molar-refractivity contribution >= 4 is 43.2 Å². The van der Waals surface area contributed by atoms with Gasteiger partial charge in [-0.05, 0) is 30.3 Å². The van der Waals surface area contributed by atoms with Crippen LogP contribution in [-0.4, -0.2) is 23.9 Å². The second-order valence-corrected chi connectivity index (χ2v) is 8.04. The number of halogens is 1. The molecule has 2 N–H and O–H groups in total. The summed E-state index contributed by atoms with van der Waals surface area (Å²) in [6, 6.07) is 13.5. The third-order valence-electron chi connectivity index (χ3n) is 3.46. The third-order valence-corrected chi connectivity index (χ3v) is 5.20. The van der Waals surface area contributed by atoms with Crippen molar-refractivity contribution in [1.29, 1.82) is 0 Å². The zero-order valence-corrected chi connectivity index (χ0v) is 16.1. The molecule has 134 valence electrons. The Hall–Kier alpha value is -2.65.